The van der Waals surface area contributed by atoms with Gasteiger partial charge in [0.05, 0.1) is 17.4 Å². The van der Waals surface area contributed by atoms with Crippen molar-refractivity contribution in [3.8, 4) is 11.1 Å². The van der Waals surface area contributed by atoms with Gasteiger partial charge < -0.3 is 15.6 Å². The number of allylic oxidation sites excluding steroid dienone is 2. The maximum atomic E-state index is 4.65. The zero-order valence-corrected chi connectivity index (χ0v) is 17.0. The van der Waals surface area contributed by atoms with E-state index in [2.05, 4.69) is 60.3 Å². The Morgan fingerprint density at radius 3 is 3.00 bits per heavy atom. The first kappa shape index (κ1) is 19.3. The average molecular weight is 397 g/mol. The summed E-state index contributed by atoms with van der Waals surface area (Å²) < 4.78 is 0. The smallest absolute Gasteiger partial charge is 0.226 e. The van der Waals surface area contributed by atoms with E-state index in [1.807, 2.05) is 25.3 Å². The monoisotopic (exact) mass is 397 g/mol. The fourth-order valence-electron chi connectivity index (χ4n) is 3.23. The molecule has 0 fully saturated rings. The second kappa shape index (κ2) is 8.57. The molecule has 0 radical (unpaired) electrons. The van der Waals surface area contributed by atoms with E-state index >= 15 is 0 Å². The molecule has 3 aromatic heterocycles. The van der Waals surface area contributed by atoms with Gasteiger partial charge in [-0.25, -0.2) is 0 Å². The predicted octanol–water partition coefficient (Wildman–Crippen LogP) is 4.79. The molecule has 0 aliphatic carbocycles. The molecule has 0 saturated carbocycles. The Morgan fingerprint density at radius 2 is 2.17 bits per heavy atom. The normalized spacial score (nSPS) is 12.0. The number of aromatic amines is 1. The molecule has 4 aromatic rings. The number of aromatic nitrogens is 4. The molecule has 0 unspecified atom stereocenters. The van der Waals surface area contributed by atoms with Crippen LogP contribution in [0.5, 0.6) is 0 Å². The predicted molar refractivity (Wildman–Crippen MR) is 125 cm³/mol. The lowest BCUT2D eigenvalue weighted by atomic mass is 10.0. The largest absolute Gasteiger partial charge is 0.364 e. The highest BCUT2D eigenvalue weighted by atomic mass is 15.1. The molecule has 0 spiro atoms. The molecule has 3 N–H and O–H groups in total. The Kier molecular flexibility index (Phi) is 5.52. The molecule has 3 heterocycles. The lowest BCUT2D eigenvalue weighted by Gasteiger charge is -2.10. The number of aliphatic imine (C=N–C) groups is 1. The van der Waals surface area contributed by atoms with E-state index in [4.69, 9.17) is 0 Å². The van der Waals surface area contributed by atoms with E-state index in [1.54, 1.807) is 31.6 Å². The first-order chi connectivity index (χ1) is 14.7. The maximum absolute atomic E-state index is 4.65. The SMILES string of the molecule is C=C/C=C\N=C(C)CNc1nc(NC)nc2[nH]cc(-c3ccc4ncccc4c3)c12. The fraction of sp³-hybridized carbons (Fsp3) is 0.130. The number of fused-ring (bicyclic) bond motifs is 2. The highest BCUT2D eigenvalue weighted by molar-refractivity contribution is 6.03. The van der Waals surface area contributed by atoms with E-state index in [-0.39, 0.29) is 0 Å². The molecule has 7 nitrogen and oxygen atoms in total. The van der Waals surface area contributed by atoms with Gasteiger partial charge in [0.15, 0.2) is 0 Å². The Hall–Kier alpha value is -4.00. The molecule has 7 heteroatoms. The van der Waals surface area contributed by atoms with E-state index < -0.39 is 0 Å². The van der Waals surface area contributed by atoms with Gasteiger partial charge in [0.1, 0.15) is 11.5 Å². The first-order valence-electron chi connectivity index (χ1n) is 9.66. The molecule has 0 saturated heterocycles. The van der Waals surface area contributed by atoms with Crippen molar-refractivity contribution < 1.29 is 0 Å². The van der Waals surface area contributed by atoms with Crippen LogP contribution in [0, 0.1) is 0 Å². The highest BCUT2D eigenvalue weighted by Crippen LogP contribution is 2.34. The molecular formula is C23H23N7. The number of H-pyrrole nitrogens is 1. The first-order valence-corrected chi connectivity index (χ1v) is 9.66. The number of nitrogens with one attached hydrogen (secondary N) is 3. The number of anilines is 2. The molecule has 0 bridgehead atoms. The lowest BCUT2D eigenvalue weighted by molar-refractivity contribution is 1.16. The third-order valence-electron chi connectivity index (χ3n) is 4.70. The van der Waals surface area contributed by atoms with Gasteiger partial charge in [0.25, 0.3) is 0 Å². The number of pyridine rings is 1. The zero-order valence-electron chi connectivity index (χ0n) is 17.0. The van der Waals surface area contributed by atoms with E-state index in [1.165, 1.54) is 0 Å². The van der Waals surface area contributed by atoms with Crippen LogP contribution in [0.3, 0.4) is 0 Å². The molecule has 4 rings (SSSR count). The summed E-state index contributed by atoms with van der Waals surface area (Å²) in [6, 6.07) is 10.2. The van der Waals surface area contributed by atoms with Gasteiger partial charge in [-0.1, -0.05) is 24.8 Å². The summed E-state index contributed by atoms with van der Waals surface area (Å²) in [5.74, 6) is 1.29. The second-order valence-electron chi connectivity index (χ2n) is 6.78. The maximum Gasteiger partial charge on any atom is 0.226 e. The van der Waals surface area contributed by atoms with Crippen LogP contribution >= 0.6 is 0 Å². The lowest BCUT2D eigenvalue weighted by Crippen LogP contribution is -2.12. The van der Waals surface area contributed by atoms with Gasteiger partial charge in [-0.3, -0.25) is 9.98 Å². The third-order valence-corrected chi connectivity index (χ3v) is 4.70. The van der Waals surface area contributed by atoms with Crippen molar-refractivity contribution in [2.24, 2.45) is 4.99 Å². The summed E-state index contributed by atoms with van der Waals surface area (Å²) in [7, 11) is 1.80. The van der Waals surface area contributed by atoms with E-state index in [0.717, 1.165) is 44.6 Å². The molecule has 1 aromatic carbocycles. The van der Waals surface area contributed by atoms with Crippen molar-refractivity contribution >= 4 is 39.4 Å². The molecule has 30 heavy (non-hydrogen) atoms. The molecular weight excluding hydrogens is 374 g/mol. The van der Waals surface area contributed by atoms with Crippen molar-refractivity contribution in [1.82, 2.24) is 19.9 Å². The van der Waals surface area contributed by atoms with Crippen molar-refractivity contribution in [2.45, 2.75) is 6.92 Å². The molecule has 150 valence electrons. The standard InChI is InChI=1S/C23H23N7/c1-4-5-10-25-15(2)13-27-21-20-18(14-28-22(20)30-23(24-3)29-21)16-8-9-19-17(12-16)7-6-11-26-19/h4-12,14H,1,13H2,2-3H3,(H3,24,27,28,29,30)/b10-5-,25-15?. The zero-order chi connectivity index (χ0) is 20.9. The highest BCUT2D eigenvalue weighted by Gasteiger charge is 2.15. The van der Waals surface area contributed by atoms with Crippen LogP contribution < -0.4 is 10.6 Å². The quantitative estimate of drug-likeness (QED) is 0.308. The van der Waals surface area contributed by atoms with Crippen molar-refractivity contribution in [3.63, 3.8) is 0 Å². The van der Waals surface area contributed by atoms with Crippen LogP contribution in [-0.2, 0) is 0 Å². The van der Waals surface area contributed by atoms with Gasteiger partial charge >= 0.3 is 0 Å². The minimum atomic E-state index is 0.544. The Labute approximate surface area is 174 Å². The van der Waals surface area contributed by atoms with Crippen LogP contribution in [0.4, 0.5) is 11.8 Å². The van der Waals surface area contributed by atoms with Crippen molar-refractivity contribution in [1.29, 1.82) is 0 Å². The van der Waals surface area contributed by atoms with E-state index in [0.29, 0.717) is 12.5 Å². The molecule has 0 aliphatic rings. The Bertz CT molecular complexity index is 1270. The minimum absolute atomic E-state index is 0.544. The summed E-state index contributed by atoms with van der Waals surface area (Å²) in [6.07, 6.45) is 8.99. The summed E-state index contributed by atoms with van der Waals surface area (Å²) in [5.41, 5.74) is 4.76. The Balaban J connectivity index is 1.76. The number of nitrogens with zero attached hydrogens (tertiary/aromatic N) is 4. The summed E-state index contributed by atoms with van der Waals surface area (Å²) >= 11 is 0. The summed E-state index contributed by atoms with van der Waals surface area (Å²) in [6.45, 7) is 6.18. The average Bonchev–Trinajstić information content (AvgIpc) is 3.21. The fourth-order valence-corrected chi connectivity index (χ4v) is 3.23. The summed E-state index contributed by atoms with van der Waals surface area (Å²) in [4.78, 5) is 21.3. The van der Waals surface area contributed by atoms with Crippen LogP contribution in [0.25, 0.3) is 33.1 Å². The third kappa shape index (κ3) is 3.91. The van der Waals surface area contributed by atoms with E-state index in [9.17, 15) is 0 Å². The van der Waals surface area contributed by atoms with Crippen molar-refractivity contribution in [2.75, 3.05) is 24.2 Å². The number of benzene rings is 1. The van der Waals surface area contributed by atoms with Crippen LogP contribution in [0.1, 0.15) is 6.92 Å². The van der Waals surface area contributed by atoms with Gasteiger partial charge in [0, 0.05) is 42.3 Å². The second-order valence-corrected chi connectivity index (χ2v) is 6.78. The van der Waals surface area contributed by atoms with Crippen LogP contribution in [-0.4, -0.2) is 39.2 Å². The van der Waals surface area contributed by atoms with Crippen molar-refractivity contribution in [3.05, 3.63) is 67.7 Å². The number of hydrogen-bond donors (Lipinski definition) is 3. The summed E-state index contributed by atoms with van der Waals surface area (Å²) in [5, 5.41) is 8.45. The molecule has 0 atom stereocenters. The Morgan fingerprint density at radius 1 is 1.27 bits per heavy atom. The van der Waals surface area contributed by atoms with Gasteiger partial charge in [-0.05, 0) is 36.8 Å². The number of rotatable bonds is 7. The number of hydrogen-bond acceptors (Lipinski definition) is 6. The van der Waals surface area contributed by atoms with Crippen LogP contribution in [0.15, 0.2) is 72.6 Å². The van der Waals surface area contributed by atoms with Crippen LogP contribution in [0.2, 0.25) is 0 Å². The topological polar surface area (TPSA) is 90.9 Å². The van der Waals surface area contributed by atoms with Gasteiger partial charge in [0.2, 0.25) is 5.95 Å². The minimum Gasteiger partial charge on any atom is -0.364 e. The molecule has 0 aliphatic heterocycles. The van der Waals surface area contributed by atoms with Gasteiger partial charge in [-0.15, -0.1) is 0 Å². The molecule has 0 amide bonds. The van der Waals surface area contributed by atoms with Gasteiger partial charge in [-0.2, -0.15) is 9.97 Å².